The van der Waals surface area contributed by atoms with E-state index < -0.39 is 0 Å². The summed E-state index contributed by atoms with van der Waals surface area (Å²) in [6, 6.07) is 7.29. The molecule has 0 radical (unpaired) electrons. The molecule has 0 saturated heterocycles. The normalized spacial score (nSPS) is 9.82. The number of nitriles is 2. The van der Waals surface area contributed by atoms with Crippen LogP contribution in [0.3, 0.4) is 0 Å². The number of hydrogen-bond acceptors (Lipinski definition) is 4. The van der Waals surface area contributed by atoms with Gasteiger partial charge in [-0.3, -0.25) is 0 Å². The minimum Gasteiger partial charge on any atom is -0.490 e. The zero-order valence-corrected chi connectivity index (χ0v) is 13.5. The summed E-state index contributed by atoms with van der Waals surface area (Å²) < 4.78 is 11.5. The molecule has 0 fully saturated rings. The molecular formula is C18H24N2O2. The Morgan fingerprint density at radius 3 is 1.50 bits per heavy atom. The van der Waals surface area contributed by atoms with Crippen LogP contribution in [0.1, 0.15) is 63.5 Å². The Bertz CT molecular complexity index is 492. The maximum Gasteiger partial charge on any atom is 0.162 e. The van der Waals surface area contributed by atoms with Gasteiger partial charge in [-0.15, -0.1) is 0 Å². The van der Waals surface area contributed by atoms with Gasteiger partial charge in [-0.05, 0) is 12.8 Å². The van der Waals surface area contributed by atoms with Gasteiger partial charge in [0.1, 0.15) is 12.1 Å². The first-order valence-electron chi connectivity index (χ1n) is 8.00. The Morgan fingerprint density at radius 1 is 0.773 bits per heavy atom. The van der Waals surface area contributed by atoms with E-state index >= 15 is 0 Å². The molecule has 1 aromatic carbocycles. The molecule has 0 N–H and O–H groups in total. The van der Waals surface area contributed by atoms with Crippen molar-refractivity contribution in [3.8, 4) is 23.6 Å². The summed E-state index contributed by atoms with van der Waals surface area (Å²) in [5.41, 5.74) is 0.655. The fourth-order valence-corrected chi connectivity index (χ4v) is 2.04. The standard InChI is InChI=1S/C18H24N2O2/c1-3-5-7-9-21-17-11-15(13-19)16(14-20)12-18(17)22-10-8-6-4-2/h11-12H,3-10H2,1-2H3. The van der Waals surface area contributed by atoms with Gasteiger partial charge in [0.15, 0.2) is 11.5 Å². The number of unbranched alkanes of at least 4 members (excludes halogenated alkanes) is 4. The van der Waals surface area contributed by atoms with E-state index in [9.17, 15) is 0 Å². The topological polar surface area (TPSA) is 66.0 Å². The molecule has 1 rings (SSSR count). The third-order valence-electron chi connectivity index (χ3n) is 3.34. The number of rotatable bonds is 10. The maximum absolute atomic E-state index is 9.12. The molecule has 0 aliphatic carbocycles. The fourth-order valence-electron chi connectivity index (χ4n) is 2.04. The first kappa shape index (κ1) is 17.9. The van der Waals surface area contributed by atoms with Gasteiger partial charge in [0.05, 0.1) is 24.3 Å². The lowest BCUT2D eigenvalue weighted by Crippen LogP contribution is -2.04. The van der Waals surface area contributed by atoms with Crippen molar-refractivity contribution in [2.45, 2.75) is 52.4 Å². The molecule has 118 valence electrons. The quantitative estimate of drug-likeness (QED) is 0.594. The first-order chi connectivity index (χ1) is 10.8. The summed E-state index contributed by atoms with van der Waals surface area (Å²) in [6.45, 7) is 5.46. The molecule has 4 heteroatoms. The van der Waals surface area contributed by atoms with Crippen molar-refractivity contribution >= 4 is 0 Å². The highest BCUT2D eigenvalue weighted by Crippen LogP contribution is 2.31. The Kier molecular flexibility index (Phi) is 8.53. The summed E-state index contributed by atoms with van der Waals surface area (Å²) in [7, 11) is 0. The summed E-state index contributed by atoms with van der Waals surface area (Å²) in [4.78, 5) is 0. The first-order valence-corrected chi connectivity index (χ1v) is 8.00. The highest BCUT2D eigenvalue weighted by atomic mass is 16.5. The Morgan fingerprint density at radius 2 is 1.18 bits per heavy atom. The minimum atomic E-state index is 0.328. The highest BCUT2D eigenvalue weighted by molar-refractivity contribution is 5.56. The second-order valence-electron chi connectivity index (χ2n) is 5.18. The number of benzene rings is 1. The van der Waals surface area contributed by atoms with Crippen LogP contribution in [-0.4, -0.2) is 13.2 Å². The van der Waals surface area contributed by atoms with E-state index in [0.717, 1.165) is 38.5 Å². The minimum absolute atomic E-state index is 0.328. The largest absolute Gasteiger partial charge is 0.490 e. The van der Waals surface area contributed by atoms with E-state index in [4.69, 9.17) is 20.0 Å². The lowest BCUT2D eigenvalue weighted by Gasteiger charge is -2.14. The van der Waals surface area contributed by atoms with Crippen LogP contribution in [0.4, 0.5) is 0 Å². The second-order valence-corrected chi connectivity index (χ2v) is 5.18. The smallest absolute Gasteiger partial charge is 0.162 e. The van der Waals surface area contributed by atoms with Crippen molar-refractivity contribution in [1.82, 2.24) is 0 Å². The zero-order valence-electron chi connectivity index (χ0n) is 13.5. The number of hydrogen-bond donors (Lipinski definition) is 0. The molecule has 0 saturated carbocycles. The van der Waals surface area contributed by atoms with Crippen molar-refractivity contribution < 1.29 is 9.47 Å². The molecule has 1 aromatic rings. The van der Waals surface area contributed by atoms with Crippen molar-refractivity contribution in [1.29, 1.82) is 10.5 Å². The Balaban J connectivity index is 2.84. The Labute approximate surface area is 133 Å². The molecule has 0 atom stereocenters. The van der Waals surface area contributed by atoms with E-state index in [0.29, 0.717) is 35.8 Å². The van der Waals surface area contributed by atoms with Gasteiger partial charge < -0.3 is 9.47 Å². The monoisotopic (exact) mass is 300 g/mol. The van der Waals surface area contributed by atoms with Crippen molar-refractivity contribution in [3.63, 3.8) is 0 Å². The third-order valence-corrected chi connectivity index (χ3v) is 3.34. The molecule has 0 unspecified atom stereocenters. The van der Waals surface area contributed by atoms with Gasteiger partial charge >= 0.3 is 0 Å². The molecule has 0 aromatic heterocycles. The van der Waals surface area contributed by atoms with E-state index in [1.54, 1.807) is 12.1 Å². The summed E-state index contributed by atoms with van der Waals surface area (Å²) in [5, 5.41) is 18.2. The molecule has 0 bridgehead atoms. The van der Waals surface area contributed by atoms with E-state index in [-0.39, 0.29) is 0 Å². The third kappa shape index (κ3) is 5.66. The SMILES string of the molecule is CCCCCOc1cc(C#N)c(C#N)cc1OCCCCC. The van der Waals surface area contributed by atoms with Crippen LogP contribution in [0.5, 0.6) is 11.5 Å². The number of nitrogens with zero attached hydrogens (tertiary/aromatic N) is 2. The molecular weight excluding hydrogens is 276 g/mol. The summed E-state index contributed by atoms with van der Waals surface area (Å²) in [6.07, 6.45) is 6.39. The van der Waals surface area contributed by atoms with E-state index in [1.165, 1.54) is 0 Å². The average Bonchev–Trinajstić information content (AvgIpc) is 2.55. The van der Waals surface area contributed by atoms with Gasteiger partial charge in [-0.2, -0.15) is 10.5 Å². The molecule has 0 aliphatic rings. The predicted molar refractivity (Wildman–Crippen MR) is 85.9 cm³/mol. The number of ether oxygens (including phenoxy) is 2. The van der Waals surface area contributed by atoms with Crippen LogP contribution in [0.2, 0.25) is 0 Å². The van der Waals surface area contributed by atoms with E-state index in [2.05, 4.69) is 13.8 Å². The van der Waals surface area contributed by atoms with Gasteiger partial charge in [0.25, 0.3) is 0 Å². The van der Waals surface area contributed by atoms with Gasteiger partial charge in [0, 0.05) is 12.1 Å². The van der Waals surface area contributed by atoms with Crippen molar-refractivity contribution in [3.05, 3.63) is 23.3 Å². The maximum atomic E-state index is 9.12. The fraction of sp³-hybridized carbons (Fsp3) is 0.556. The van der Waals surface area contributed by atoms with Crippen molar-refractivity contribution in [2.75, 3.05) is 13.2 Å². The highest BCUT2D eigenvalue weighted by Gasteiger charge is 2.12. The van der Waals surface area contributed by atoms with Crippen LogP contribution in [0.15, 0.2) is 12.1 Å². The van der Waals surface area contributed by atoms with Gasteiger partial charge in [-0.25, -0.2) is 0 Å². The van der Waals surface area contributed by atoms with Crippen LogP contribution >= 0.6 is 0 Å². The Hall–Kier alpha value is -2.20. The van der Waals surface area contributed by atoms with Gasteiger partial charge in [-0.1, -0.05) is 39.5 Å². The molecule has 4 nitrogen and oxygen atoms in total. The molecule has 0 aliphatic heterocycles. The van der Waals surface area contributed by atoms with Gasteiger partial charge in [0.2, 0.25) is 0 Å². The second kappa shape index (κ2) is 10.5. The lowest BCUT2D eigenvalue weighted by atomic mass is 10.1. The van der Waals surface area contributed by atoms with E-state index in [1.807, 2.05) is 12.1 Å². The van der Waals surface area contributed by atoms with Crippen LogP contribution < -0.4 is 9.47 Å². The average molecular weight is 300 g/mol. The molecule has 22 heavy (non-hydrogen) atoms. The summed E-state index contributed by atoms with van der Waals surface area (Å²) >= 11 is 0. The van der Waals surface area contributed by atoms with Crippen molar-refractivity contribution in [2.24, 2.45) is 0 Å². The molecule has 0 amide bonds. The lowest BCUT2D eigenvalue weighted by molar-refractivity contribution is 0.259. The zero-order chi connectivity index (χ0) is 16.2. The predicted octanol–water partition coefficient (Wildman–Crippen LogP) is 4.57. The van der Waals surface area contributed by atoms with Crippen LogP contribution in [0.25, 0.3) is 0 Å². The summed E-state index contributed by atoms with van der Waals surface area (Å²) in [5.74, 6) is 1.12. The van der Waals surface area contributed by atoms with Crippen LogP contribution in [-0.2, 0) is 0 Å². The van der Waals surface area contributed by atoms with Crippen LogP contribution in [0, 0.1) is 22.7 Å². The molecule has 0 heterocycles. The molecule has 0 spiro atoms.